The highest BCUT2D eigenvalue weighted by Crippen LogP contribution is 2.33. The van der Waals surface area contributed by atoms with Gasteiger partial charge in [0.15, 0.2) is 5.82 Å². The van der Waals surface area contributed by atoms with Gasteiger partial charge in [0.25, 0.3) is 15.7 Å². The van der Waals surface area contributed by atoms with Gasteiger partial charge in [-0.2, -0.15) is 0 Å². The molecule has 60 heavy (non-hydrogen) atoms. The van der Waals surface area contributed by atoms with Crippen LogP contribution in [0.5, 0.6) is 0 Å². The molecule has 0 aliphatic carbocycles. The standard InChI is InChI=1S/C44H45ClN8O5S2/c1-30(2)48-43(54)24-34(28-59-36-11-7-4-8-12-36)49-40-18-15-37(26-42(40)53(55)56)60(57,58)50-44-39-17-14-35(25-41(39)46-29-47-44)52-21-19-51(20-22-52)27-32-23-33(45)13-16-38(32)31-9-5-3-6-10-31/h3-18,23,25-26,29-30,34,49H,19-22,24,27-28H2,1-2H3,(H,48,54)(H,46,47,50)/t34-/m1/s1. The molecule has 0 saturated carbocycles. The number of aromatic nitrogens is 2. The molecule has 7 rings (SSSR count). The van der Waals surface area contributed by atoms with Crippen LogP contribution in [0.4, 0.5) is 22.9 Å². The van der Waals surface area contributed by atoms with Gasteiger partial charge in [-0.3, -0.25) is 24.5 Å². The van der Waals surface area contributed by atoms with E-state index in [9.17, 15) is 23.3 Å². The molecular formula is C44H45ClN8O5S2. The van der Waals surface area contributed by atoms with E-state index in [4.69, 9.17) is 11.6 Å². The summed E-state index contributed by atoms with van der Waals surface area (Å²) in [6.45, 7) is 7.68. The molecule has 1 fully saturated rings. The number of rotatable bonds is 16. The fourth-order valence-electron chi connectivity index (χ4n) is 7.15. The van der Waals surface area contributed by atoms with Gasteiger partial charge >= 0.3 is 0 Å². The van der Waals surface area contributed by atoms with Gasteiger partial charge in [-0.1, -0.05) is 66.2 Å². The molecule has 1 aliphatic heterocycles. The number of hydrogen-bond donors (Lipinski definition) is 3. The number of halogens is 1. The number of carbonyl (C=O) groups excluding carboxylic acids is 1. The Balaban J connectivity index is 1.03. The van der Waals surface area contributed by atoms with E-state index in [1.165, 1.54) is 35.8 Å². The van der Waals surface area contributed by atoms with E-state index in [-0.39, 0.29) is 34.8 Å². The molecule has 1 amide bonds. The van der Waals surface area contributed by atoms with Crippen molar-refractivity contribution in [2.75, 3.05) is 46.9 Å². The Morgan fingerprint density at radius 3 is 2.35 bits per heavy atom. The molecule has 16 heteroatoms. The molecule has 1 saturated heterocycles. The second-order valence-corrected chi connectivity index (χ2v) is 18.0. The summed E-state index contributed by atoms with van der Waals surface area (Å²) < 4.78 is 30.1. The maximum Gasteiger partial charge on any atom is 0.293 e. The predicted octanol–water partition coefficient (Wildman–Crippen LogP) is 8.47. The molecular weight excluding hydrogens is 820 g/mol. The van der Waals surface area contributed by atoms with Crippen LogP contribution in [0.2, 0.25) is 5.02 Å². The first kappa shape index (κ1) is 42.4. The van der Waals surface area contributed by atoms with E-state index in [0.29, 0.717) is 21.7 Å². The molecule has 6 aromatic rings. The third-order valence-electron chi connectivity index (χ3n) is 10.0. The predicted molar refractivity (Wildman–Crippen MR) is 240 cm³/mol. The number of thioether (sulfide) groups is 1. The highest BCUT2D eigenvalue weighted by Gasteiger charge is 2.26. The van der Waals surface area contributed by atoms with Gasteiger partial charge < -0.3 is 15.5 Å². The number of fused-ring (bicyclic) bond motifs is 1. The van der Waals surface area contributed by atoms with Crippen LogP contribution in [0, 0.1) is 10.1 Å². The van der Waals surface area contributed by atoms with Gasteiger partial charge in [-0.25, -0.2) is 18.4 Å². The summed E-state index contributed by atoms with van der Waals surface area (Å²) in [4.78, 5) is 38.5. The number of piperazine rings is 1. The van der Waals surface area contributed by atoms with Crippen LogP contribution >= 0.6 is 23.4 Å². The highest BCUT2D eigenvalue weighted by molar-refractivity contribution is 7.99. The third-order valence-corrected chi connectivity index (χ3v) is 12.8. The van der Waals surface area contributed by atoms with Gasteiger partial charge in [0.05, 0.1) is 15.3 Å². The fourth-order valence-corrected chi connectivity index (χ4v) is 9.34. The van der Waals surface area contributed by atoms with E-state index in [1.807, 2.05) is 86.6 Å². The summed E-state index contributed by atoms with van der Waals surface area (Å²) in [5, 5.41) is 19.5. The molecule has 1 atom stereocenters. The molecule has 310 valence electrons. The topological polar surface area (TPSA) is 163 Å². The minimum atomic E-state index is -4.34. The molecule has 0 spiro atoms. The first-order chi connectivity index (χ1) is 28.9. The zero-order valence-corrected chi connectivity index (χ0v) is 35.5. The van der Waals surface area contributed by atoms with Gasteiger partial charge in [0.1, 0.15) is 12.0 Å². The average Bonchev–Trinajstić information content (AvgIpc) is 3.23. The van der Waals surface area contributed by atoms with E-state index < -0.39 is 26.7 Å². The average molecular weight is 865 g/mol. The van der Waals surface area contributed by atoms with E-state index >= 15 is 0 Å². The lowest BCUT2D eigenvalue weighted by Gasteiger charge is -2.36. The number of hydrogen-bond acceptors (Lipinski definition) is 11. The number of amides is 1. The second kappa shape index (κ2) is 19.1. The van der Waals surface area contributed by atoms with Gasteiger partial charge in [0, 0.05) is 84.0 Å². The lowest BCUT2D eigenvalue weighted by atomic mass is 9.99. The van der Waals surface area contributed by atoms with Crippen molar-refractivity contribution in [2.24, 2.45) is 0 Å². The Morgan fingerprint density at radius 2 is 1.63 bits per heavy atom. The second-order valence-electron chi connectivity index (χ2n) is 14.8. The first-order valence-electron chi connectivity index (χ1n) is 19.5. The Kier molecular flexibility index (Phi) is 13.5. The molecule has 1 aromatic heterocycles. The van der Waals surface area contributed by atoms with Crippen LogP contribution in [0.1, 0.15) is 25.8 Å². The minimum absolute atomic E-state index is 0.0473. The van der Waals surface area contributed by atoms with Crippen LogP contribution < -0.4 is 20.3 Å². The van der Waals surface area contributed by atoms with Crippen molar-refractivity contribution in [1.29, 1.82) is 0 Å². The van der Waals surface area contributed by atoms with Crippen LogP contribution in [0.15, 0.2) is 131 Å². The van der Waals surface area contributed by atoms with Crippen LogP contribution in [0.25, 0.3) is 22.0 Å². The first-order valence-corrected chi connectivity index (χ1v) is 22.4. The Morgan fingerprint density at radius 1 is 0.900 bits per heavy atom. The number of nitro groups is 1. The van der Waals surface area contributed by atoms with Crippen molar-refractivity contribution < 1.29 is 18.1 Å². The number of benzene rings is 5. The zero-order chi connectivity index (χ0) is 42.2. The van der Waals surface area contributed by atoms with Crippen molar-refractivity contribution in [2.45, 2.75) is 48.7 Å². The molecule has 2 heterocycles. The smallest absolute Gasteiger partial charge is 0.293 e. The summed E-state index contributed by atoms with van der Waals surface area (Å²) >= 11 is 7.93. The molecule has 0 unspecified atom stereocenters. The Bertz CT molecular complexity index is 2580. The summed E-state index contributed by atoms with van der Waals surface area (Å²) in [6.07, 6.45) is 1.34. The molecule has 0 bridgehead atoms. The number of sulfonamides is 1. The number of carbonyl (C=O) groups is 1. The van der Waals surface area contributed by atoms with Crippen LogP contribution in [-0.2, 0) is 21.4 Å². The van der Waals surface area contributed by atoms with E-state index in [2.05, 4.69) is 53.3 Å². The number of anilines is 3. The minimum Gasteiger partial charge on any atom is -0.375 e. The molecule has 5 aromatic carbocycles. The third kappa shape index (κ3) is 10.7. The van der Waals surface area contributed by atoms with Crippen LogP contribution in [-0.4, -0.2) is 78.1 Å². The Hall–Kier alpha value is -5.74. The van der Waals surface area contributed by atoms with Gasteiger partial charge in [-0.15, -0.1) is 11.8 Å². The van der Waals surface area contributed by atoms with Crippen LogP contribution in [0.3, 0.4) is 0 Å². The van der Waals surface area contributed by atoms with Gasteiger partial charge in [0.2, 0.25) is 5.91 Å². The maximum atomic E-state index is 13.8. The van der Waals surface area contributed by atoms with E-state index in [0.717, 1.165) is 60.5 Å². The van der Waals surface area contributed by atoms with Crippen molar-refractivity contribution in [1.82, 2.24) is 20.2 Å². The highest BCUT2D eigenvalue weighted by atomic mass is 35.5. The summed E-state index contributed by atoms with van der Waals surface area (Å²) in [7, 11) is -4.34. The molecule has 1 aliphatic rings. The van der Waals surface area contributed by atoms with E-state index in [1.54, 1.807) is 6.07 Å². The maximum absolute atomic E-state index is 13.8. The zero-order valence-electron chi connectivity index (χ0n) is 33.1. The number of nitrogens with one attached hydrogen (secondary N) is 3. The quantitative estimate of drug-likeness (QED) is 0.0486. The fraction of sp³-hybridized carbons (Fsp3) is 0.250. The summed E-state index contributed by atoms with van der Waals surface area (Å²) in [6, 6.07) is 34.6. The van der Waals surface area contributed by atoms with Crippen molar-refractivity contribution in [3.8, 4) is 11.1 Å². The normalized spacial score (nSPS) is 13.9. The van der Waals surface area contributed by atoms with Crippen molar-refractivity contribution in [3.63, 3.8) is 0 Å². The van der Waals surface area contributed by atoms with Crippen molar-refractivity contribution >= 4 is 73.1 Å². The summed E-state index contributed by atoms with van der Waals surface area (Å²) in [5.41, 5.74) is 4.63. The lowest BCUT2D eigenvalue weighted by Crippen LogP contribution is -2.46. The SMILES string of the molecule is CC(C)NC(=O)C[C@H](CSc1ccccc1)Nc1ccc(S(=O)(=O)Nc2ncnc3cc(N4CCN(Cc5cc(Cl)ccc5-c5ccccc5)CC4)ccc23)cc1[N+](=O)[O-]. The van der Waals surface area contributed by atoms with Crippen molar-refractivity contribution in [3.05, 3.63) is 142 Å². The molecule has 13 nitrogen and oxygen atoms in total. The molecule has 3 N–H and O–H groups in total. The Labute approximate surface area is 358 Å². The molecule has 0 radical (unpaired) electrons. The largest absolute Gasteiger partial charge is 0.375 e. The number of nitro benzene ring substituents is 1. The lowest BCUT2D eigenvalue weighted by molar-refractivity contribution is -0.384. The number of nitrogens with zero attached hydrogens (tertiary/aromatic N) is 5. The monoisotopic (exact) mass is 864 g/mol. The van der Waals surface area contributed by atoms with Gasteiger partial charge in [-0.05, 0) is 85.1 Å². The summed E-state index contributed by atoms with van der Waals surface area (Å²) in [5.74, 6) is 0.260.